The minimum absolute atomic E-state index is 0.165. The molecule has 6 heteroatoms. The van der Waals surface area contributed by atoms with Crippen LogP contribution in [-0.2, 0) is 0 Å². The number of hydrogen-bond donors (Lipinski definition) is 1. The van der Waals surface area contributed by atoms with Gasteiger partial charge in [0.2, 0.25) is 5.89 Å². The summed E-state index contributed by atoms with van der Waals surface area (Å²) in [5.41, 5.74) is 4.78. The molecule has 1 aromatic heterocycles. The van der Waals surface area contributed by atoms with Gasteiger partial charge in [-0.15, -0.1) is 0 Å². The smallest absolute Gasteiger partial charge is 0.256 e. The van der Waals surface area contributed by atoms with Gasteiger partial charge in [0.1, 0.15) is 5.52 Å². The Morgan fingerprint density at radius 2 is 1.85 bits per heavy atom. The van der Waals surface area contributed by atoms with Crippen molar-refractivity contribution in [1.82, 2.24) is 4.98 Å². The third-order valence-corrected chi connectivity index (χ3v) is 5.55. The Balaban J connectivity index is 1.62. The molecule has 0 saturated heterocycles. The van der Waals surface area contributed by atoms with E-state index in [1.54, 1.807) is 6.07 Å². The van der Waals surface area contributed by atoms with Crippen molar-refractivity contribution in [3.63, 3.8) is 0 Å². The molecule has 0 saturated carbocycles. The quantitative estimate of drug-likeness (QED) is 0.310. The van der Waals surface area contributed by atoms with Crippen LogP contribution >= 0.6 is 38.5 Å². The molecule has 4 rings (SSSR count). The molecule has 134 valence electrons. The Hall–Kier alpha value is -2.19. The van der Waals surface area contributed by atoms with E-state index < -0.39 is 0 Å². The highest BCUT2D eigenvalue weighted by Gasteiger charge is 2.13. The topological polar surface area (TPSA) is 55.1 Å². The number of halogens is 2. The Morgan fingerprint density at radius 3 is 2.63 bits per heavy atom. The summed E-state index contributed by atoms with van der Waals surface area (Å²) in [6.45, 7) is 2.04. The molecule has 0 aliphatic rings. The predicted molar refractivity (Wildman–Crippen MR) is 119 cm³/mol. The van der Waals surface area contributed by atoms with E-state index in [1.165, 1.54) is 5.56 Å². The number of oxazole rings is 1. The van der Waals surface area contributed by atoms with Gasteiger partial charge in [0.05, 0.1) is 5.56 Å². The molecule has 4 nitrogen and oxygen atoms in total. The van der Waals surface area contributed by atoms with E-state index in [1.807, 2.05) is 61.5 Å². The fourth-order valence-electron chi connectivity index (χ4n) is 2.69. The zero-order valence-electron chi connectivity index (χ0n) is 14.3. The zero-order chi connectivity index (χ0) is 19.0. The van der Waals surface area contributed by atoms with Crippen LogP contribution in [0.3, 0.4) is 0 Å². The summed E-state index contributed by atoms with van der Waals surface area (Å²) in [6, 6.07) is 19.1. The van der Waals surface area contributed by atoms with Crippen LogP contribution in [0.4, 0.5) is 5.69 Å². The van der Waals surface area contributed by atoms with E-state index in [-0.39, 0.29) is 5.91 Å². The highest BCUT2D eigenvalue weighted by atomic mass is 127. The number of nitrogens with zero attached hydrogens (tertiary/aromatic N) is 1. The third kappa shape index (κ3) is 3.91. The van der Waals surface area contributed by atoms with Crippen LogP contribution in [0.25, 0.3) is 22.6 Å². The first-order valence-corrected chi connectivity index (χ1v) is 10.1. The van der Waals surface area contributed by atoms with Crippen molar-refractivity contribution in [1.29, 1.82) is 0 Å². The molecule has 27 heavy (non-hydrogen) atoms. The standard InChI is InChI=1S/C21H14BrIN2O2/c1-12-2-4-13(5-3-12)21-25-18-11-15(7-9-19(18)27-21)24-20(26)16-10-14(22)6-8-17(16)23/h2-11H,1H3,(H,24,26). The van der Waals surface area contributed by atoms with Crippen molar-refractivity contribution in [2.75, 3.05) is 5.32 Å². The van der Waals surface area contributed by atoms with Crippen LogP contribution in [0, 0.1) is 10.5 Å². The van der Waals surface area contributed by atoms with Crippen molar-refractivity contribution in [3.05, 3.63) is 79.8 Å². The van der Waals surface area contributed by atoms with Crippen LogP contribution in [0.1, 0.15) is 15.9 Å². The Bertz CT molecular complexity index is 1150. The van der Waals surface area contributed by atoms with Crippen molar-refractivity contribution >= 4 is 61.2 Å². The van der Waals surface area contributed by atoms with Gasteiger partial charge in [-0.3, -0.25) is 4.79 Å². The van der Waals surface area contributed by atoms with Gasteiger partial charge in [0, 0.05) is 19.3 Å². The summed E-state index contributed by atoms with van der Waals surface area (Å²) in [5, 5.41) is 2.93. The van der Waals surface area contributed by atoms with Gasteiger partial charge < -0.3 is 9.73 Å². The van der Waals surface area contributed by atoms with Crippen molar-refractivity contribution in [2.24, 2.45) is 0 Å². The zero-order valence-corrected chi connectivity index (χ0v) is 18.0. The molecular weight excluding hydrogens is 519 g/mol. The molecule has 0 spiro atoms. The number of amides is 1. The Labute approximate surface area is 178 Å². The summed E-state index contributed by atoms with van der Waals surface area (Å²) in [4.78, 5) is 17.2. The molecule has 0 radical (unpaired) electrons. The predicted octanol–water partition coefficient (Wildman–Crippen LogP) is 6.42. The second-order valence-electron chi connectivity index (χ2n) is 6.15. The minimum Gasteiger partial charge on any atom is -0.436 e. The average molecular weight is 533 g/mol. The largest absolute Gasteiger partial charge is 0.436 e. The van der Waals surface area contributed by atoms with Gasteiger partial charge in [0.15, 0.2) is 5.58 Å². The number of aromatic nitrogens is 1. The van der Waals surface area contributed by atoms with Gasteiger partial charge in [-0.1, -0.05) is 33.6 Å². The molecule has 3 aromatic carbocycles. The summed E-state index contributed by atoms with van der Waals surface area (Å²) in [7, 11) is 0. The second-order valence-corrected chi connectivity index (χ2v) is 8.22. The first-order valence-electron chi connectivity index (χ1n) is 8.23. The molecular formula is C21H14BrIN2O2. The number of carbonyl (C=O) groups excluding carboxylic acids is 1. The van der Waals surface area contributed by atoms with E-state index in [0.717, 1.165) is 13.6 Å². The second kappa shape index (κ2) is 7.44. The average Bonchev–Trinajstić information content (AvgIpc) is 3.07. The number of anilines is 1. The molecule has 1 heterocycles. The highest BCUT2D eigenvalue weighted by Crippen LogP contribution is 2.27. The number of fused-ring (bicyclic) bond motifs is 1. The van der Waals surface area contributed by atoms with Gasteiger partial charge in [-0.25, -0.2) is 4.98 Å². The fraction of sp³-hybridized carbons (Fsp3) is 0.0476. The highest BCUT2D eigenvalue weighted by molar-refractivity contribution is 14.1. The van der Waals surface area contributed by atoms with E-state index in [2.05, 4.69) is 48.8 Å². The summed E-state index contributed by atoms with van der Waals surface area (Å²) in [6.07, 6.45) is 0. The lowest BCUT2D eigenvalue weighted by Gasteiger charge is -2.07. The molecule has 0 aliphatic heterocycles. The van der Waals surface area contributed by atoms with Crippen LogP contribution in [0.5, 0.6) is 0 Å². The van der Waals surface area contributed by atoms with E-state index in [0.29, 0.717) is 28.2 Å². The maximum atomic E-state index is 12.6. The van der Waals surface area contributed by atoms with Crippen LogP contribution in [-0.4, -0.2) is 10.9 Å². The maximum absolute atomic E-state index is 12.6. The van der Waals surface area contributed by atoms with Gasteiger partial charge >= 0.3 is 0 Å². The van der Waals surface area contributed by atoms with Gasteiger partial charge in [-0.2, -0.15) is 0 Å². The Morgan fingerprint density at radius 1 is 1.07 bits per heavy atom. The summed E-state index contributed by atoms with van der Waals surface area (Å²) in [5.74, 6) is 0.400. The molecule has 0 aliphatic carbocycles. The number of hydrogen-bond acceptors (Lipinski definition) is 3. The SMILES string of the molecule is Cc1ccc(-c2nc3cc(NC(=O)c4cc(Br)ccc4I)ccc3o2)cc1. The summed E-state index contributed by atoms with van der Waals surface area (Å²) >= 11 is 5.56. The Kier molecular flexibility index (Phi) is 5.01. The van der Waals surface area contributed by atoms with E-state index in [4.69, 9.17) is 4.42 Å². The minimum atomic E-state index is -0.165. The third-order valence-electron chi connectivity index (χ3n) is 4.12. The first-order chi connectivity index (χ1) is 13.0. The number of rotatable bonds is 3. The first kappa shape index (κ1) is 18.2. The van der Waals surface area contributed by atoms with Crippen LogP contribution < -0.4 is 5.32 Å². The molecule has 0 fully saturated rings. The number of carbonyl (C=O) groups is 1. The monoisotopic (exact) mass is 532 g/mol. The lowest BCUT2D eigenvalue weighted by Crippen LogP contribution is -2.13. The van der Waals surface area contributed by atoms with Crippen molar-refractivity contribution < 1.29 is 9.21 Å². The van der Waals surface area contributed by atoms with Crippen molar-refractivity contribution in [2.45, 2.75) is 6.92 Å². The number of aryl methyl sites for hydroxylation is 1. The van der Waals surface area contributed by atoms with E-state index >= 15 is 0 Å². The van der Waals surface area contributed by atoms with Crippen molar-refractivity contribution in [3.8, 4) is 11.5 Å². The maximum Gasteiger partial charge on any atom is 0.256 e. The molecule has 1 N–H and O–H groups in total. The van der Waals surface area contributed by atoms with Gasteiger partial charge in [-0.05, 0) is 78.0 Å². The molecule has 0 unspecified atom stereocenters. The molecule has 0 bridgehead atoms. The van der Waals surface area contributed by atoms with E-state index in [9.17, 15) is 4.79 Å². The lowest BCUT2D eigenvalue weighted by atomic mass is 10.1. The number of nitrogens with one attached hydrogen (secondary N) is 1. The normalized spacial score (nSPS) is 10.9. The lowest BCUT2D eigenvalue weighted by molar-refractivity contribution is 0.102. The fourth-order valence-corrected chi connectivity index (χ4v) is 3.64. The van der Waals surface area contributed by atoms with Gasteiger partial charge in [0.25, 0.3) is 5.91 Å². The van der Waals surface area contributed by atoms with Crippen LogP contribution in [0.2, 0.25) is 0 Å². The molecule has 1 amide bonds. The molecule has 0 atom stereocenters. The van der Waals surface area contributed by atoms with Crippen LogP contribution in [0.15, 0.2) is 69.6 Å². The molecule has 4 aromatic rings. The number of benzene rings is 3. The summed E-state index contributed by atoms with van der Waals surface area (Å²) < 4.78 is 7.59.